The number of aromatic carboxylic acids is 1. The first-order valence-electron chi connectivity index (χ1n) is 3.46. The molecule has 1 aromatic heterocycles. The average molecular weight is 206 g/mol. The highest BCUT2D eigenvalue weighted by Gasteiger charge is 2.13. The lowest BCUT2D eigenvalue weighted by Crippen LogP contribution is -1.94. The summed E-state index contributed by atoms with van der Waals surface area (Å²) < 4.78 is 0. The number of aryl methyl sites for hydroxylation is 1. The Labute approximate surface area is 79.0 Å². The molecule has 0 bridgehead atoms. The van der Waals surface area contributed by atoms with Crippen molar-refractivity contribution in [2.75, 3.05) is 0 Å². The van der Waals surface area contributed by atoms with E-state index >= 15 is 0 Å². The van der Waals surface area contributed by atoms with Crippen LogP contribution in [0.2, 0.25) is 0 Å². The van der Waals surface area contributed by atoms with E-state index in [1.54, 1.807) is 0 Å². The summed E-state index contributed by atoms with van der Waals surface area (Å²) in [4.78, 5) is 15.3. The van der Waals surface area contributed by atoms with E-state index in [0.29, 0.717) is 5.69 Å². The third-order valence-electron chi connectivity index (χ3n) is 1.41. The minimum absolute atomic E-state index is 0.127. The fourth-order valence-corrected chi connectivity index (χ4v) is 2.01. The number of carboxylic acids is 1. The Morgan fingerprint density at radius 1 is 1.75 bits per heavy atom. The predicted molar refractivity (Wildman–Crippen MR) is 48.0 cm³/mol. The maximum absolute atomic E-state index is 10.5. The molecule has 0 spiro atoms. The number of hydrogen-bond acceptors (Lipinski definition) is 3. The smallest absolute Gasteiger partial charge is 0.365 e. The first kappa shape index (κ1) is 9.48. The molecule has 0 radical (unpaired) electrons. The van der Waals surface area contributed by atoms with Crippen LogP contribution in [0.1, 0.15) is 27.3 Å². The second kappa shape index (κ2) is 3.87. The summed E-state index contributed by atoms with van der Waals surface area (Å²) in [7, 11) is 0. The maximum Gasteiger partial charge on any atom is 0.365 e. The van der Waals surface area contributed by atoms with E-state index in [2.05, 4.69) is 4.98 Å². The van der Waals surface area contributed by atoms with Crippen molar-refractivity contribution in [2.24, 2.45) is 0 Å². The SMILES string of the molecule is CCc1sc(C(=O)O)nc1CCl. The Morgan fingerprint density at radius 3 is 2.75 bits per heavy atom. The molecule has 0 aliphatic heterocycles. The molecule has 12 heavy (non-hydrogen) atoms. The molecule has 3 nitrogen and oxygen atoms in total. The molecule has 1 N–H and O–H groups in total. The van der Waals surface area contributed by atoms with Crippen LogP contribution in [0, 0.1) is 0 Å². The van der Waals surface area contributed by atoms with Crippen LogP contribution in [0.3, 0.4) is 0 Å². The van der Waals surface area contributed by atoms with Crippen molar-refractivity contribution in [3.8, 4) is 0 Å². The molecule has 0 atom stereocenters. The van der Waals surface area contributed by atoms with Crippen molar-refractivity contribution < 1.29 is 9.90 Å². The summed E-state index contributed by atoms with van der Waals surface area (Å²) in [6.45, 7) is 1.95. The summed E-state index contributed by atoms with van der Waals surface area (Å²) >= 11 is 6.78. The minimum atomic E-state index is -0.980. The van der Waals surface area contributed by atoms with E-state index in [1.807, 2.05) is 6.92 Å². The lowest BCUT2D eigenvalue weighted by atomic mass is 10.3. The van der Waals surface area contributed by atoms with E-state index in [0.717, 1.165) is 11.3 Å². The van der Waals surface area contributed by atoms with E-state index in [9.17, 15) is 4.79 Å². The van der Waals surface area contributed by atoms with Crippen LogP contribution in [0.4, 0.5) is 0 Å². The minimum Gasteiger partial charge on any atom is -0.476 e. The predicted octanol–water partition coefficient (Wildman–Crippen LogP) is 2.14. The molecule has 0 aliphatic rings. The number of carboxylic acid groups (broad SMARTS) is 1. The molecule has 66 valence electrons. The van der Waals surface area contributed by atoms with Gasteiger partial charge in [0.1, 0.15) is 0 Å². The molecule has 0 unspecified atom stereocenters. The Balaban J connectivity index is 3.05. The van der Waals surface area contributed by atoms with Crippen LogP contribution in [-0.4, -0.2) is 16.1 Å². The van der Waals surface area contributed by atoms with Crippen molar-refractivity contribution >= 4 is 28.9 Å². The van der Waals surface area contributed by atoms with Crippen molar-refractivity contribution in [3.05, 3.63) is 15.6 Å². The van der Waals surface area contributed by atoms with Crippen molar-refractivity contribution in [2.45, 2.75) is 19.2 Å². The van der Waals surface area contributed by atoms with Gasteiger partial charge in [0.15, 0.2) is 0 Å². The number of nitrogens with zero attached hydrogens (tertiary/aromatic N) is 1. The number of hydrogen-bond donors (Lipinski definition) is 1. The molecule has 1 rings (SSSR count). The summed E-state index contributed by atoms with van der Waals surface area (Å²) in [5.74, 6) is -0.696. The van der Waals surface area contributed by atoms with Crippen LogP contribution in [0.15, 0.2) is 0 Å². The Hall–Kier alpha value is -0.610. The highest BCUT2D eigenvalue weighted by Crippen LogP contribution is 2.20. The van der Waals surface area contributed by atoms with Gasteiger partial charge in [-0.15, -0.1) is 22.9 Å². The van der Waals surface area contributed by atoms with Gasteiger partial charge in [-0.1, -0.05) is 6.92 Å². The normalized spacial score (nSPS) is 10.2. The molecule has 0 aromatic carbocycles. The number of carbonyl (C=O) groups is 1. The lowest BCUT2D eigenvalue weighted by molar-refractivity contribution is 0.0696. The summed E-state index contributed by atoms with van der Waals surface area (Å²) in [5.41, 5.74) is 0.696. The van der Waals surface area contributed by atoms with Crippen LogP contribution in [-0.2, 0) is 12.3 Å². The van der Waals surface area contributed by atoms with Gasteiger partial charge < -0.3 is 5.11 Å². The Bertz CT molecular complexity index is 276. The zero-order valence-electron chi connectivity index (χ0n) is 6.50. The number of alkyl halides is 1. The summed E-state index contributed by atoms with van der Waals surface area (Å²) in [6.07, 6.45) is 0.785. The fraction of sp³-hybridized carbons (Fsp3) is 0.429. The zero-order valence-corrected chi connectivity index (χ0v) is 8.08. The Morgan fingerprint density at radius 2 is 2.42 bits per heavy atom. The number of rotatable bonds is 3. The van der Waals surface area contributed by atoms with Crippen molar-refractivity contribution in [1.82, 2.24) is 4.98 Å². The summed E-state index contributed by atoms with van der Waals surface area (Å²) in [5, 5.41) is 8.75. The van der Waals surface area contributed by atoms with Gasteiger partial charge in [0.2, 0.25) is 5.01 Å². The third kappa shape index (κ3) is 1.76. The maximum atomic E-state index is 10.5. The quantitative estimate of drug-likeness (QED) is 0.770. The monoisotopic (exact) mass is 205 g/mol. The van der Waals surface area contributed by atoms with E-state index in [-0.39, 0.29) is 10.9 Å². The Kier molecular flexibility index (Phi) is 3.05. The van der Waals surface area contributed by atoms with Gasteiger partial charge in [-0.3, -0.25) is 0 Å². The molecule has 5 heteroatoms. The van der Waals surface area contributed by atoms with E-state index in [1.165, 1.54) is 11.3 Å². The van der Waals surface area contributed by atoms with E-state index in [4.69, 9.17) is 16.7 Å². The second-order valence-corrected chi connectivity index (χ2v) is 3.53. The third-order valence-corrected chi connectivity index (χ3v) is 2.89. The van der Waals surface area contributed by atoms with Crippen molar-refractivity contribution in [1.29, 1.82) is 0 Å². The molecule has 0 aliphatic carbocycles. The molecule has 0 fully saturated rings. The lowest BCUT2D eigenvalue weighted by Gasteiger charge is -1.89. The van der Waals surface area contributed by atoms with Gasteiger partial charge >= 0.3 is 5.97 Å². The molecular formula is C7H8ClNO2S. The molecular weight excluding hydrogens is 198 g/mol. The van der Waals surface area contributed by atoms with Crippen molar-refractivity contribution in [3.63, 3.8) is 0 Å². The topological polar surface area (TPSA) is 50.2 Å². The van der Waals surface area contributed by atoms with Gasteiger partial charge in [-0.2, -0.15) is 0 Å². The first-order valence-corrected chi connectivity index (χ1v) is 4.82. The first-order chi connectivity index (χ1) is 5.69. The number of thiazole rings is 1. The van der Waals surface area contributed by atoms with E-state index < -0.39 is 5.97 Å². The van der Waals surface area contributed by atoms with Crippen LogP contribution >= 0.6 is 22.9 Å². The van der Waals surface area contributed by atoms with Crippen LogP contribution in [0.25, 0.3) is 0 Å². The molecule has 0 saturated heterocycles. The highest BCUT2D eigenvalue weighted by atomic mass is 35.5. The van der Waals surface area contributed by atoms with Gasteiger partial charge in [0, 0.05) is 4.88 Å². The standard InChI is InChI=1S/C7H8ClNO2S/c1-2-5-4(3-8)9-6(12-5)7(10)11/h2-3H2,1H3,(H,10,11). The average Bonchev–Trinajstić information content (AvgIpc) is 2.46. The van der Waals surface area contributed by atoms with Gasteiger partial charge in [-0.05, 0) is 6.42 Å². The van der Waals surface area contributed by atoms with Crippen LogP contribution in [0.5, 0.6) is 0 Å². The molecule has 0 saturated carbocycles. The number of aromatic nitrogens is 1. The molecule has 0 amide bonds. The fourth-order valence-electron chi connectivity index (χ4n) is 0.855. The second-order valence-electron chi connectivity index (χ2n) is 2.18. The van der Waals surface area contributed by atoms with Gasteiger partial charge in [0.05, 0.1) is 11.6 Å². The van der Waals surface area contributed by atoms with Gasteiger partial charge in [0.25, 0.3) is 0 Å². The number of halogens is 1. The highest BCUT2D eigenvalue weighted by molar-refractivity contribution is 7.13. The molecule has 1 heterocycles. The largest absolute Gasteiger partial charge is 0.476 e. The molecule has 1 aromatic rings. The summed E-state index contributed by atoms with van der Waals surface area (Å²) in [6, 6.07) is 0. The zero-order chi connectivity index (χ0) is 9.14. The van der Waals surface area contributed by atoms with Crippen LogP contribution < -0.4 is 0 Å². The van der Waals surface area contributed by atoms with Gasteiger partial charge in [-0.25, -0.2) is 9.78 Å².